The molecular weight excluding hydrogens is 300 g/mol. The third-order valence-corrected chi connectivity index (χ3v) is 5.14. The molecule has 0 radical (unpaired) electrons. The van der Waals surface area contributed by atoms with Gasteiger partial charge in [0.05, 0.1) is 12.2 Å². The number of rotatable bonds is 5. The van der Waals surface area contributed by atoms with Gasteiger partial charge in [0.1, 0.15) is 0 Å². The molecule has 1 aliphatic carbocycles. The highest BCUT2D eigenvalue weighted by molar-refractivity contribution is 7.15. The third kappa shape index (κ3) is 3.05. The van der Waals surface area contributed by atoms with E-state index in [0.717, 1.165) is 18.5 Å². The summed E-state index contributed by atoms with van der Waals surface area (Å²) in [7, 11) is 0. The number of aromatic nitrogens is 2. The summed E-state index contributed by atoms with van der Waals surface area (Å²) in [6, 6.07) is 1.92. The topological polar surface area (TPSA) is 80.7 Å². The number of fused-ring (bicyclic) bond motifs is 1. The zero-order valence-corrected chi connectivity index (χ0v) is 13.4. The quantitative estimate of drug-likeness (QED) is 0.900. The van der Waals surface area contributed by atoms with Crippen LogP contribution in [0.3, 0.4) is 0 Å². The zero-order chi connectivity index (χ0) is 15.7. The van der Waals surface area contributed by atoms with Gasteiger partial charge in [0.15, 0.2) is 4.96 Å². The van der Waals surface area contributed by atoms with Gasteiger partial charge in [-0.3, -0.25) is 18.9 Å². The number of primary amides is 1. The highest BCUT2D eigenvalue weighted by Crippen LogP contribution is 2.24. The Morgan fingerprint density at radius 1 is 1.50 bits per heavy atom. The lowest BCUT2D eigenvalue weighted by Gasteiger charge is -2.27. The van der Waals surface area contributed by atoms with Crippen LogP contribution in [0, 0.1) is 6.92 Å². The zero-order valence-electron chi connectivity index (χ0n) is 12.6. The molecule has 1 aliphatic rings. The molecule has 1 fully saturated rings. The molecule has 2 N–H and O–H groups in total. The number of hydrogen-bond acceptors (Lipinski definition) is 5. The highest BCUT2D eigenvalue weighted by Gasteiger charge is 2.24. The van der Waals surface area contributed by atoms with Gasteiger partial charge in [-0.15, -0.1) is 11.3 Å². The largest absolute Gasteiger partial charge is 0.369 e. The maximum atomic E-state index is 12.2. The first-order valence-electron chi connectivity index (χ1n) is 7.54. The Morgan fingerprint density at radius 2 is 2.23 bits per heavy atom. The van der Waals surface area contributed by atoms with Crippen LogP contribution in [0.2, 0.25) is 0 Å². The van der Waals surface area contributed by atoms with Crippen molar-refractivity contribution >= 4 is 22.2 Å². The van der Waals surface area contributed by atoms with Gasteiger partial charge in [0, 0.05) is 29.7 Å². The van der Waals surface area contributed by atoms with Crippen LogP contribution in [0.1, 0.15) is 37.1 Å². The van der Waals surface area contributed by atoms with Crippen molar-refractivity contribution in [1.29, 1.82) is 0 Å². The van der Waals surface area contributed by atoms with Crippen LogP contribution in [0.15, 0.2) is 16.2 Å². The highest BCUT2D eigenvalue weighted by atomic mass is 32.1. The second-order valence-corrected chi connectivity index (χ2v) is 6.73. The molecule has 1 saturated carbocycles. The average Bonchev–Trinajstić information content (AvgIpc) is 3.08. The second-order valence-electron chi connectivity index (χ2n) is 5.89. The van der Waals surface area contributed by atoms with Crippen molar-refractivity contribution in [2.45, 2.75) is 45.2 Å². The molecule has 0 atom stereocenters. The molecule has 22 heavy (non-hydrogen) atoms. The van der Waals surface area contributed by atoms with Crippen molar-refractivity contribution < 1.29 is 4.79 Å². The predicted octanol–water partition coefficient (Wildman–Crippen LogP) is 1.29. The fourth-order valence-electron chi connectivity index (χ4n) is 3.17. The molecule has 118 valence electrons. The smallest absolute Gasteiger partial charge is 0.259 e. The number of thiazole rings is 1. The standard InChI is InChI=1S/C15H20N4O2S/c1-10-9-22-15-17-11(6-14(21)19(10)15)7-18(8-13(16)20)12-4-2-3-5-12/h6,9,12H,2-5,7-8H2,1H3,(H2,16,20). The average molecular weight is 320 g/mol. The molecule has 0 spiro atoms. The fraction of sp³-hybridized carbons (Fsp3) is 0.533. The molecule has 0 bridgehead atoms. The molecule has 6 nitrogen and oxygen atoms in total. The van der Waals surface area contributed by atoms with E-state index < -0.39 is 0 Å². The van der Waals surface area contributed by atoms with Gasteiger partial charge in [-0.05, 0) is 19.8 Å². The van der Waals surface area contributed by atoms with Crippen LogP contribution in [-0.2, 0) is 11.3 Å². The molecule has 0 aliphatic heterocycles. The van der Waals surface area contributed by atoms with Gasteiger partial charge in [-0.1, -0.05) is 12.8 Å². The monoisotopic (exact) mass is 320 g/mol. The first-order chi connectivity index (χ1) is 10.5. The third-order valence-electron chi connectivity index (χ3n) is 4.19. The van der Waals surface area contributed by atoms with Gasteiger partial charge in [-0.2, -0.15) is 0 Å². The minimum absolute atomic E-state index is 0.0656. The first-order valence-corrected chi connectivity index (χ1v) is 8.41. The number of nitrogens with two attached hydrogens (primary N) is 1. The van der Waals surface area contributed by atoms with Crippen LogP contribution in [0.5, 0.6) is 0 Å². The summed E-state index contributed by atoms with van der Waals surface area (Å²) in [4.78, 5) is 30.9. The lowest BCUT2D eigenvalue weighted by Crippen LogP contribution is -2.40. The van der Waals surface area contributed by atoms with E-state index in [1.54, 1.807) is 10.5 Å². The number of nitrogens with zero attached hydrogens (tertiary/aromatic N) is 3. The molecule has 2 aromatic heterocycles. The van der Waals surface area contributed by atoms with Crippen molar-refractivity contribution in [3.05, 3.63) is 33.2 Å². The molecular formula is C15H20N4O2S. The SMILES string of the molecule is Cc1csc2nc(CN(CC(N)=O)C3CCCC3)cc(=O)n12. The second kappa shape index (κ2) is 6.18. The van der Waals surface area contributed by atoms with Crippen LogP contribution in [0.25, 0.3) is 4.96 Å². The summed E-state index contributed by atoms with van der Waals surface area (Å²) < 4.78 is 1.61. The maximum absolute atomic E-state index is 12.2. The van der Waals surface area contributed by atoms with Gasteiger partial charge in [0.2, 0.25) is 5.91 Å². The fourth-order valence-corrected chi connectivity index (χ4v) is 4.06. The van der Waals surface area contributed by atoms with Gasteiger partial charge in [-0.25, -0.2) is 4.98 Å². The van der Waals surface area contributed by atoms with Crippen molar-refractivity contribution in [2.75, 3.05) is 6.54 Å². The van der Waals surface area contributed by atoms with E-state index in [0.29, 0.717) is 23.2 Å². The molecule has 0 aromatic carbocycles. The van der Waals surface area contributed by atoms with E-state index in [4.69, 9.17) is 5.73 Å². The number of carbonyl (C=O) groups is 1. The number of carbonyl (C=O) groups excluding carboxylic acids is 1. The Bertz CT molecular complexity index is 746. The Morgan fingerprint density at radius 3 is 2.91 bits per heavy atom. The minimum atomic E-state index is -0.336. The summed E-state index contributed by atoms with van der Waals surface area (Å²) >= 11 is 1.46. The summed E-state index contributed by atoms with van der Waals surface area (Å²) in [5, 5.41) is 1.92. The predicted molar refractivity (Wildman–Crippen MR) is 85.9 cm³/mol. The lowest BCUT2D eigenvalue weighted by atomic mass is 10.2. The molecule has 7 heteroatoms. The molecule has 0 unspecified atom stereocenters. The van der Waals surface area contributed by atoms with Crippen LogP contribution in [0.4, 0.5) is 0 Å². The van der Waals surface area contributed by atoms with E-state index in [1.165, 1.54) is 24.2 Å². The van der Waals surface area contributed by atoms with Crippen molar-refractivity contribution in [3.8, 4) is 0 Å². The molecule has 1 amide bonds. The number of hydrogen-bond donors (Lipinski definition) is 1. The van der Waals surface area contributed by atoms with Crippen molar-refractivity contribution in [1.82, 2.24) is 14.3 Å². The number of aryl methyl sites for hydroxylation is 1. The van der Waals surface area contributed by atoms with Crippen LogP contribution >= 0.6 is 11.3 Å². The van der Waals surface area contributed by atoms with Gasteiger partial charge >= 0.3 is 0 Å². The summed E-state index contributed by atoms with van der Waals surface area (Å²) in [5.41, 5.74) is 6.91. The Labute approximate surface area is 132 Å². The van der Waals surface area contributed by atoms with Crippen molar-refractivity contribution in [3.63, 3.8) is 0 Å². The summed E-state index contributed by atoms with van der Waals surface area (Å²) in [6.45, 7) is 2.61. The Balaban J connectivity index is 1.88. The van der Waals surface area contributed by atoms with E-state index in [1.807, 2.05) is 12.3 Å². The van der Waals surface area contributed by atoms with Gasteiger partial charge in [0.25, 0.3) is 5.56 Å². The molecule has 3 rings (SSSR count). The lowest BCUT2D eigenvalue weighted by molar-refractivity contribution is -0.119. The van der Waals surface area contributed by atoms with E-state index in [9.17, 15) is 9.59 Å². The van der Waals surface area contributed by atoms with Crippen LogP contribution in [-0.4, -0.2) is 32.8 Å². The number of amides is 1. The normalized spacial score (nSPS) is 15.9. The van der Waals surface area contributed by atoms with E-state index in [-0.39, 0.29) is 18.0 Å². The molecule has 0 saturated heterocycles. The summed E-state index contributed by atoms with van der Waals surface area (Å²) in [6.07, 6.45) is 4.51. The molecule has 2 heterocycles. The molecule has 2 aromatic rings. The Hall–Kier alpha value is -1.73. The minimum Gasteiger partial charge on any atom is -0.369 e. The van der Waals surface area contributed by atoms with Crippen molar-refractivity contribution in [2.24, 2.45) is 5.73 Å². The summed E-state index contributed by atoms with van der Waals surface area (Å²) in [5.74, 6) is -0.336. The van der Waals surface area contributed by atoms with E-state index >= 15 is 0 Å². The van der Waals surface area contributed by atoms with E-state index in [2.05, 4.69) is 9.88 Å². The van der Waals surface area contributed by atoms with Gasteiger partial charge < -0.3 is 5.73 Å². The Kier molecular flexibility index (Phi) is 4.26. The maximum Gasteiger partial charge on any atom is 0.259 e. The van der Waals surface area contributed by atoms with Crippen LogP contribution < -0.4 is 11.3 Å². The first kappa shape index (κ1) is 15.2.